The van der Waals surface area contributed by atoms with Gasteiger partial charge in [-0.1, -0.05) is 24.4 Å². The van der Waals surface area contributed by atoms with E-state index in [1.165, 1.54) is 12.8 Å². The number of piperazine rings is 1. The van der Waals surface area contributed by atoms with Crippen molar-refractivity contribution in [2.75, 3.05) is 38.0 Å². The van der Waals surface area contributed by atoms with Gasteiger partial charge in [-0.2, -0.15) is 0 Å². The monoisotopic (exact) mass is 560 g/mol. The van der Waals surface area contributed by atoms with Crippen molar-refractivity contribution in [1.29, 1.82) is 0 Å². The highest BCUT2D eigenvalue weighted by Gasteiger charge is 2.34. The van der Waals surface area contributed by atoms with Gasteiger partial charge in [-0.15, -0.1) is 0 Å². The molecular formula is C30H45ClN4O4. The van der Waals surface area contributed by atoms with Gasteiger partial charge in [-0.05, 0) is 83.6 Å². The van der Waals surface area contributed by atoms with Crippen molar-refractivity contribution in [1.82, 2.24) is 14.7 Å². The molecule has 0 aromatic heterocycles. The number of carbonyl (C=O) groups excluding carboxylic acids is 3. The van der Waals surface area contributed by atoms with Crippen LogP contribution in [0.4, 0.5) is 10.5 Å². The van der Waals surface area contributed by atoms with E-state index in [4.69, 9.17) is 16.3 Å². The summed E-state index contributed by atoms with van der Waals surface area (Å²) in [5, 5.41) is 3.67. The van der Waals surface area contributed by atoms with E-state index in [9.17, 15) is 14.4 Å². The summed E-state index contributed by atoms with van der Waals surface area (Å²) in [7, 11) is 0. The first-order chi connectivity index (χ1) is 18.4. The molecule has 2 aliphatic heterocycles. The molecule has 1 aromatic carbocycles. The normalized spacial score (nSPS) is 23.1. The minimum absolute atomic E-state index is 0.104. The van der Waals surface area contributed by atoms with Gasteiger partial charge in [0.05, 0.1) is 5.92 Å². The summed E-state index contributed by atoms with van der Waals surface area (Å²) in [6.07, 6.45) is 5.49. The lowest BCUT2D eigenvalue weighted by Crippen LogP contribution is -2.54. The predicted octanol–water partition coefficient (Wildman–Crippen LogP) is 5.46. The molecule has 3 amide bonds. The van der Waals surface area contributed by atoms with Gasteiger partial charge in [-0.25, -0.2) is 4.79 Å². The van der Waals surface area contributed by atoms with Crippen LogP contribution in [0.25, 0.3) is 0 Å². The molecule has 2 heterocycles. The van der Waals surface area contributed by atoms with E-state index < -0.39 is 5.60 Å². The minimum atomic E-state index is -0.573. The Morgan fingerprint density at radius 3 is 2.36 bits per heavy atom. The fraction of sp³-hybridized carbons (Fsp3) is 0.700. The third kappa shape index (κ3) is 7.66. The van der Waals surface area contributed by atoms with E-state index >= 15 is 0 Å². The topological polar surface area (TPSA) is 82.2 Å². The van der Waals surface area contributed by atoms with Gasteiger partial charge in [0, 0.05) is 61.9 Å². The molecule has 1 aliphatic carbocycles. The Balaban J connectivity index is 1.37. The van der Waals surface area contributed by atoms with Crippen molar-refractivity contribution in [3.63, 3.8) is 0 Å². The van der Waals surface area contributed by atoms with Crippen LogP contribution >= 0.6 is 11.6 Å². The highest BCUT2D eigenvalue weighted by atomic mass is 35.5. The van der Waals surface area contributed by atoms with E-state index in [2.05, 4.69) is 22.0 Å². The maximum Gasteiger partial charge on any atom is 0.410 e. The van der Waals surface area contributed by atoms with Crippen LogP contribution in [0.2, 0.25) is 5.02 Å². The Morgan fingerprint density at radius 1 is 1.00 bits per heavy atom. The Kier molecular flexibility index (Phi) is 9.48. The maximum absolute atomic E-state index is 13.3. The summed E-state index contributed by atoms with van der Waals surface area (Å²) in [6.45, 7) is 13.7. The van der Waals surface area contributed by atoms with Crippen molar-refractivity contribution >= 4 is 35.2 Å². The zero-order valence-corrected chi connectivity index (χ0v) is 25.0. The first kappa shape index (κ1) is 29.7. The van der Waals surface area contributed by atoms with Crippen molar-refractivity contribution in [2.24, 2.45) is 11.8 Å². The van der Waals surface area contributed by atoms with Gasteiger partial charge in [0.2, 0.25) is 11.8 Å². The van der Waals surface area contributed by atoms with Crippen molar-refractivity contribution < 1.29 is 19.1 Å². The molecule has 0 unspecified atom stereocenters. The van der Waals surface area contributed by atoms with Crippen LogP contribution in [0.15, 0.2) is 12.1 Å². The average Bonchev–Trinajstić information content (AvgIpc) is 3.41. The van der Waals surface area contributed by atoms with Crippen molar-refractivity contribution in [3.8, 4) is 0 Å². The zero-order chi connectivity index (χ0) is 28.3. The Hall–Kier alpha value is -2.32. The summed E-state index contributed by atoms with van der Waals surface area (Å²) < 4.78 is 5.51. The van der Waals surface area contributed by atoms with Gasteiger partial charge >= 0.3 is 6.09 Å². The van der Waals surface area contributed by atoms with Crippen LogP contribution in [0, 0.1) is 18.8 Å². The number of nitrogens with zero attached hydrogens (tertiary/aromatic N) is 3. The Labute approximate surface area is 238 Å². The zero-order valence-electron chi connectivity index (χ0n) is 24.2. The van der Waals surface area contributed by atoms with Gasteiger partial charge in [-0.3, -0.25) is 14.5 Å². The van der Waals surface area contributed by atoms with Crippen LogP contribution in [-0.4, -0.2) is 77.0 Å². The molecule has 39 heavy (non-hydrogen) atoms. The SMILES string of the molecule is Cc1c(CN2CCN(C(=O)C3CCCC3)[C@@H](C)C2)cc(Cl)cc1NC(=O)[C@H]1CCCN(C(=O)OC(C)(C)C)C1. The van der Waals surface area contributed by atoms with Crippen LogP contribution in [0.5, 0.6) is 0 Å². The summed E-state index contributed by atoms with van der Waals surface area (Å²) >= 11 is 6.51. The Morgan fingerprint density at radius 2 is 1.69 bits per heavy atom. The summed E-state index contributed by atoms with van der Waals surface area (Å²) in [4.78, 5) is 44.9. The molecule has 3 aliphatic rings. The highest BCUT2D eigenvalue weighted by Crippen LogP contribution is 2.30. The van der Waals surface area contributed by atoms with Crippen molar-refractivity contribution in [3.05, 3.63) is 28.3 Å². The number of carbonyl (C=O) groups is 3. The summed E-state index contributed by atoms with van der Waals surface area (Å²) in [5.41, 5.74) is 2.19. The fourth-order valence-electron chi connectivity index (χ4n) is 6.10. The second-order valence-electron chi connectivity index (χ2n) is 12.6. The minimum Gasteiger partial charge on any atom is -0.444 e. The van der Waals surface area contributed by atoms with Gasteiger partial charge in [0.25, 0.3) is 0 Å². The van der Waals surface area contributed by atoms with E-state index in [1.54, 1.807) is 11.0 Å². The molecule has 216 valence electrons. The van der Waals surface area contributed by atoms with Crippen LogP contribution in [0.1, 0.15) is 77.3 Å². The Bertz CT molecular complexity index is 1070. The molecule has 2 atom stereocenters. The lowest BCUT2D eigenvalue weighted by atomic mass is 9.97. The van der Waals surface area contributed by atoms with E-state index in [1.807, 2.05) is 33.8 Å². The van der Waals surface area contributed by atoms with E-state index in [-0.39, 0.29) is 29.9 Å². The van der Waals surface area contributed by atoms with Crippen molar-refractivity contribution in [2.45, 2.75) is 91.3 Å². The molecular weight excluding hydrogens is 516 g/mol. The number of likely N-dealkylation sites (tertiary alicyclic amines) is 1. The van der Waals surface area contributed by atoms with Gasteiger partial charge in [0.1, 0.15) is 5.60 Å². The highest BCUT2D eigenvalue weighted by molar-refractivity contribution is 6.31. The second kappa shape index (κ2) is 12.5. The molecule has 1 N–H and O–H groups in total. The van der Waals surface area contributed by atoms with E-state index in [0.29, 0.717) is 36.3 Å². The number of hydrogen-bond acceptors (Lipinski definition) is 5. The predicted molar refractivity (Wildman–Crippen MR) is 154 cm³/mol. The molecule has 4 rings (SSSR count). The summed E-state index contributed by atoms with van der Waals surface area (Å²) in [5.74, 6) is 0.129. The third-order valence-corrected chi connectivity index (χ3v) is 8.49. The molecule has 3 fully saturated rings. The quantitative estimate of drug-likeness (QED) is 0.517. The number of amides is 3. The van der Waals surface area contributed by atoms with Crippen LogP contribution < -0.4 is 5.32 Å². The molecule has 2 saturated heterocycles. The lowest BCUT2D eigenvalue weighted by molar-refractivity contribution is -0.140. The smallest absolute Gasteiger partial charge is 0.410 e. The largest absolute Gasteiger partial charge is 0.444 e. The first-order valence-corrected chi connectivity index (χ1v) is 14.9. The van der Waals surface area contributed by atoms with Gasteiger partial charge in [0.15, 0.2) is 0 Å². The number of piperidine rings is 1. The number of hydrogen-bond donors (Lipinski definition) is 1. The standard InChI is InChI=1S/C30H45ClN4O4/c1-20-17-33(13-14-35(20)28(37)22-9-6-7-10-22)18-24-15-25(31)16-26(21(24)2)32-27(36)23-11-8-12-34(19-23)29(38)39-30(3,4)5/h15-16,20,22-23H,6-14,17-19H2,1-5H3,(H,32,36)/t20-,23-/m0/s1. The second-order valence-corrected chi connectivity index (χ2v) is 13.0. The number of anilines is 1. The molecule has 9 heteroatoms. The van der Waals surface area contributed by atoms with Gasteiger partial charge < -0.3 is 19.9 Å². The third-order valence-electron chi connectivity index (χ3n) is 8.27. The first-order valence-electron chi connectivity index (χ1n) is 14.5. The number of ether oxygens (including phenoxy) is 1. The molecule has 1 aromatic rings. The maximum atomic E-state index is 13.3. The van der Waals surface area contributed by atoms with Crippen LogP contribution in [0.3, 0.4) is 0 Å². The molecule has 0 bridgehead atoms. The molecule has 0 radical (unpaired) electrons. The van der Waals surface area contributed by atoms with Crippen LogP contribution in [-0.2, 0) is 20.9 Å². The number of halogens is 1. The lowest BCUT2D eigenvalue weighted by Gasteiger charge is -2.41. The number of rotatable bonds is 5. The number of benzene rings is 1. The molecule has 0 spiro atoms. The number of nitrogens with one attached hydrogen (secondary N) is 1. The summed E-state index contributed by atoms with van der Waals surface area (Å²) in [6, 6.07) is 3.94. The fourth-order valence-corrected chi connectivity index (χ4v) is 6.34. The molecule has 8 nitrogen and oxygen atoms in total. The molecule has 1 saturated carbocycles. The average molecular weight is 561 g/mol. The van der Waals surface area contributed by atoms with E-state index in [0.717, 1.165) is 56.4 Å².